The van der Waals surface area contributed by atoms with E-state index in [0.717, 1.165) is 44.3 Å². The number of nitrogens with zero attached hydrogens (tertiary/aromatic N) is 2. The van der Waals surface area contributed by atoms with Crippen LogP contribution in [0.15, 0.2) is 24.3 Å². The summed E-state index contributed by atoms with van der Waals surface area (Å²) in [6.45, 7) is 6.35. The molecule has 1 atom stereocenters. The molecule has 0 spiro atoms. The predicted octanol–water partition coefficient (Wildman–Crippen LogP) is 1.54. The Bertz CT molecular complexity index is 534. The van der Waals surface area contributed by atoms with E-state index in [1.54, 1.807) is 0 Å². The van der Waals surface area contributed by atoms with Gasteiger partial charge in [0.2, 0.25) is 5.91 Å². The van der Waals surface area contributed by atoms with Crippen LogP contribution >= 0.6 is 11.6 Å². The maximum absolute atomic E-state index is 12.3. The van der Waals surface area contributed by atoms with Crippen LogP contribution in [0.4, 0.5) is 0 Å². The third kappa shape index (κ3) is 4.44. The highest BCUT2D eigenvalue weighted by atomic mass is 35.5. The monoisotopic (exact) mass is 337 g/mol. The van der Waals surface area contributed by atoms with Crippen molar-refractivity contribution < 1.29 is 9.53 Å². The summed E-state index contributed by atoms with van der Waals surface area (Å²) in [5.74, 6) is 0.233. The van der Waals surface area contributed by atoms with Crippen molar-refractivity contribution in [1.82, 2.24) is 15.1 Å². The molecule has 0 saturated carbocycles. The molecule has 1 unspecified atom stereocenters. The number of halogens is 1. The van der Waals surface area contributed by atoms with E-state index in [1.807, 2.05) is 23.1 Å². The second-order valence-electron chi connectivity index (χ2n) is 6.05. The first-order valence-electron chi connectivity index (χ1n) is 8.30. The summed E-state index contributed by atoms with van der Waals surface area (Å²) in [7, 11) is 0. The van der Waals surface area contributed by atoms with Gasteiger partial charge in [-0.1, -0.05) is 23.7 Å². The molecule has 1 N–H and O–H groups in total. The number of morpholine rings is 1. The molecule has 2 aliphatic heterocycles. The van der Waals surface area contributed by atoms with E-state index < -0.39 is 0 Å². The van der Waals surface area contributed by atoms with E-state index in [0.29, 0.717) is 19.6 Å². The molecule has 2 heterocycles. The number of amides is 1. The average Bonchev–Trinajstić information content (AvgIpc) is 2.60. The maximum atomic E-state index is 12.3. The van der Waals surface area contributed by atoms with E-state index in [1.165, 1.54) is 5.56 Å². The molecule has 1 aromatic rings. The fraction of sp³-hybridized carbons (Fsp3) is 0.588. The Morgan fingerprint density at radius 1 is 1.30 bits per heavy atom. The quantitative estimate of drug-likeness (QED) is 0.905. The van der Waals surface area contributed by atoms with Gasteiger partial charge >= 0.3 is 0 Å². The van der Waals surface area contributed by atoms with Crippen molar-refractivity contribution in [1.29, 1.82) is 0 Å². The normalized spacial score (nSPS) is 23.0. The first kappa shape index (κ1) is 16.7. The number of ether oxygens (including phenoxy) is 1. The van der Waals surface area contributed by atoms with Crippen molar-refractivity contribution >= 4 is 17.5 Å². The molecule has 126 valence electrons. The van der Waals surface area contributed by atoms with Gasteiger partial charge in [-0.15, -0.1) is 0 Å². The Labute approximate surface area is 142 Å². The highest BCUT2D eigenvalue weighted by molar-refractivity contribution is 6.30. The number of piperazine rings is 1. The van der Waals surface area contributed by atoms with Crippen LogP contribution in [0.25, 0.3) is 0 Å². The summed E-state index contributed by atoms with van der Waals surface area (Å²) in [5, 5.41) is 4.20. The third-order valence-electron chi connectivity index (χ3n) is 4.56. The highest BCUT2D eigenvalue weighted by Crippen LogP contribution is 2.24. The zero-order valence-corrected chi connectivity index (χ0v) is 14.1. The van der Waals surface area contributed by atoms with Crippen molar-refractivity contribution in [3.05, 3.63) is 34.9 Å². The molecule has 5 nitrogen and oxygen atoms in total. The van der Waals surface area contributed by atoms with E-state index in [4.69, 9.17) is 16.3 Å². The summed E-state index contributed by atoms with van der Waals surface area (Å²) < 4.78 is 5.31. The fourth-order valence-corrected chi connectivity index (χ4v) is 3.47. The SMILES string of the molecule is O=C(CCN1CCNCC1c1cccc(Cl)c1)N1CCOCC1. The standard InChI is InChI=1S/C17H24ClN3O2/c18-15-3-1-2-14(12-15)16-13-19-5-7-20(16)6-4-17(22)21-8-10-23-11-9-21/h1-3,12,16,19H,4-11,13H2. The number of nitrogens with one attached hydrogen (secondary N) is 1. The van der Waals surface area contributed by atoms with Gasteiger partial charge < -0.3 is 15.0 Å². The molecule has 0 aromatic heterocycles. The molecule has 0 radical (unpaired) electrons. The van der Waals surface area contributed by atoms with Crippen LogP contribution in [0.2, 0.25) is 5.02 Å². The lowest BCUT2D eigenvalue weighted by Gasteiger charge is -2.37. The molecule has 2 saturated heterocycles. The van der Waals surface area contributed by atoms with Crippen LogP contribution < -0.4 is 5.32 Å². The van der Waals surface area contributed by atoms with E-state index in [9.17, 15) is 4.79 Å². The van der Waals surface area contributed by atoms with Gasteiger partial charge in [-0.05, 0) is 17.7 Å². The lowest BCUT2D eigenvalue weighted by atomic mass is 10.0. The van der Waals surface area contributed by atoms with Crippen molar-refractivity contribution in [2.45, 2.75) is 12.5 Å². The van der Waals surface area contributed by atoms with E-state index >= 15 is 0 Å². The van der Waals surface area contributed by atoms with Crippen LogP contribution in [0.3, 0.4) is 0 Å². The minimum atomic E-state index is 0.233. The van der Waals surface area contributed by atoms with Crippen LogP contribution in [0.1, 0.15) is 18.0 Å². The second-order valence-corrected chi connectivity index (χ2v) is 6.49. The second kappa shape index (κ2) is 8.11. The maximum Gasteiger partial charge on any atom is 0.224 e. The zero-order valence-electron chi connectivity index (χ0n) is 13.3. The molecule has 3 rings (SSSR count). The number of carbonyl (C=O) groups is 1. The molecule has 1 amide bonds. The van der Waals surface area contributed by atoms with Crippen LogP contribution in [0, 0.1) is 0 Å². The van der Waals surface area contributed by atoms with Crippen molar-refractivity contribution in [2.75, 3.05) is 52.5 Å². The summed E-state index contributed by atoms with van der Waals surface area (Å²) in [6, 6.07) is 8.30. The largest absolute Gasteiger partial charge is 0.378 e. The van der Waals surface area contributed by atoms with Crippen molar-refractivity contribution in [2.24, 2.45) is 0 Å². The van der Waals surface area contributed by atoms with Gasteiger partial charge in [0.1, 0.15) is 0 Å². The first-order valence-corrected chi connectivity index (χ1v) is 8.67. The van der Waals surface area contributed by atoms with Gasteiger partial charge in [0.25, 0.3) is 0 Å². The minimum absolute atomic E-state index is 0.233. The number of rotatable bonds is 4. The first-order chi connectivity index (χ1) is 11.2. The van der Waals surface area contributed by atoms with Gasteiger partial charge in [0.05, 0.1) is 13.2 Å². The van der Waals surface area contributed by atoms with E-state index in [-0.39, 0.29) is 11.9 Å². The smallest absolute Gasteiger partial charge is 0.224 e. The molecule has 6 heteroatoms. The number of hydrogen-bond donors (Lipinski definition) is 1. The van der Waals surface area contributed by atoms with Crippen LogP contribution in [-0.2, 0) is 9.53 Å². The summed E-state index contributed by atoms with van der Waals surface area (Å²) in [5.41, 5.74) is 1.21. The number of hydrogen-bond acceptors (Lipinski definition) is 4. The van der Waals surface area contributed by atoms with Crippen LogP contribution in [-0.4, -0.2) is 68.2 Å². The van der Waals surface area contributed by atoms with Gasteiger partial charge in [0, 0.05) is 56.8 Å². The fourth-order valence-electron chi connectivity index (χ4n) is 3.27. The van der Waals surface area contributed by atoms with Gasteiger partial charge in [0.15, 0.2) is 0 Å². The Morgan fingerprint density at radius 2 is 2.13 bits per heavy atom. The predicted molar refractivity (Wildman–Crippen MR) is 90.7 cm³/mol. The zero-order chi connectivity index (χ0) is 16.1. The minimum Gasteiger partial charge on any atom is -0.378 e. The number of benzene rings is 1. The lowest BCUT2D eigenvalue weighted by molar-refractivity contribution is -0.135. The van der Waals surface area contributed by atoms with Crippen molar-refractivity contribution in [3.63, 3.8) is 0 Å². The van der Waals surface area contributed by atoms with Gasteiger partial charge in [-0.25, -0.2) is 0 Å². The Kier molecular flexibility index (Phi) is 5.89. The Balaban J connectivity index is 1.59. The Hall–Kier alpha value is -1.14. The topological polar surface area (TPSA) is 44.8 Å². The van der Waals surface area contributed by atoms with Crippen LogP contribution in [0.5, 0.6) is 0 Å². The average molecular weight is 338 g/mol. The third-order valence-corrected chi connectivity index (χ3v) is 4.80. The molecule has 2 fully saturated rings. The summed E-state index contributed by atoms with van der Waals surface area (Å²) in [4.78, 5) is 16.7. The summed E-state index contributed by atoms with van der Waals surface area (Å²) in [6.07, 6.45) is 0.567. The van der Waals surface area contributed by atoms with E-state index in [2.05, 4.69) is 16.3 Å². The lowest BCUT2D eigenvalue weighted by Crippen LogP contribution is -2.48. The molecule has 2 aliphatic rings. The molecule has 0 bridgehead atoms. The van der Waals surface area contributed by atoms with Crippen molar-refractivity contribution in [3.8, 4) is 0 Å². The van der Waals surface area contributed by atoms with Gasteiger partial charge in [-0.2, -0.15) is 0 Å². The van der Waals surface area contributed by atoms with Gasteiger partial charge in [-0.3, -0.25) is 9.69 Å². The molecular formula is C17H24ClN3O2. The molecule has 1 aromatic carbocycles. The number of carbonyl (C=O) groups excluding carboxylic acids is 1. The molecule has 23 heavy (non-hydrogen) atoms. The molecular weight excluding hydrogens is 314 g/mol. The summed E-state index contributed by atoms with van der Waals surface area (Å²) >= 11 is 6.13. The Morgan fingerprint density at radius 3 is 2.91 bits per heavy atom. The molecule has 0 aliphatic carbocycles. The highest BCUT2D eigenvalue weighted by Gasteiger charge is 2.25.